The monoisotopic (exact) mass is 296 g/mol. The number of hydrogen-bond donors (Lipinski definition) is 1. The normalized spacial score (nSPS) is 30.4. The summed E-state index contributed by atoms with van der Waals surface area (Å²) < 4.78 is 0. The van der Waals surface area contributed by atoms with Gasteiger partial charge in [-0.05, 0) is 58.3 Å². The van der Waals surface area contributed by atoms with Crippen LogP contribution in [0.2, 0.25) is 0 Å². The molecule has 2 rings (SSSR count). The molecule has 2 saturated heterocycles. The van der Waals surface area contributed by atoms with Crippen LogP contribution in [0.5, 0.6) is 0 Å². The van der Waals surface area contributed by atoms with Crippen molar-refractivity contribution in [2.45, 2.75) is 51.5 Å². The molecule has 0 aromatic heterocycles. The van der Waals surface area contributed by atoms with Gasteiger partial charge >= 0.3 is 0 Å². The maximum Gasteiger partial charge on any atom is 0.0345 e. The van der Waals surface area contributed by atoms with Crippen LogP contribution in [0, 0.1) is 0 Å². The van der Waals surface area contributed by atoms with Crippen molar-refractivity contribution in [2.24, 2.45) is 5.73 Å². The maximum absolute atomic E-state index is 6.28. The topological polar surface area (TPSA) is 35.7 Å². The summed E-state index contributed by atoms with van der Waals surface area (Å²) in [7, 11) is 0. The second-order valence-electron chi connectivity index (χ2n) is 6.95. The van der Waals surface area contributed by atoms with E-state index in [4.69, 9.17) is 5.73 Å². The highest BCUT2D eigenvalue weighted by Crippen LogP contribution is 2.29. The van der Waals surface area contributed by atoms with Crippen molar-refractivity contribution in [3.8, 4) is 0 Å². The minimum absolute atomic E-state index is 0.279. The standard InChI is InChI=1S/C17H36N4/c1-3-8-19-10-5-6-17(16-18,7-11-19)21-14-12-20(9-4-2)13-15-21/h3-16,18H2,1-2H3. The molecule has 21 heavy (non-hydrogen) atoms. The second-order valence-corrected chi connectivity index (χ2v) is 6.95. The van der Waals surface area contributed by atoms with Crippen LogP contribution in [0.4, 0.5) is 0 Å². The predicted octanol–water partition coefficient (Wildman–Crippen LogP) is 1.61. The van der Waals surface area contributed by atoms with E-state index < -0.39 is 0 Å². The van der Waals surface area contributed by atoms with Gasteiger partial charge in [-0.2, -0.15) is 0 Å². The van der Waals surface area contributed by atoms with Crippen molar-refractivity contribution >= 4 is 0 Å². The van der Waals surface area contributed by atoms with Gasteiger partial charge in [0.15, 0.2) is 0 Å². The molecule has 0 bridgehead atoms. The maximum atomic E-state index is 6.28. The first-order valence-corrected chi connectivity index (χ1v) is 9.14. The van der Waals surface area contributed by atoms with Crippen LogP contribution in [0.25, 0.3) is 0 Å². The molecular formula is C17H36N4. The number of nitrogens with two attached hydrogens (primary N) is 1. The van der Waals surface area contributed by atoms with Crippen molar-refractivity contribution in [3.63, 3.8) is 0 Å². The third-order valence-corrected chi connectivity index (χ3v) is 5.51. The summed E-state index contributed by atoms with van der Waals surface area (Å²) in [5.74, 6) is 0. The third-order valence-electron chi connectivity index (χ3n) is 5.51. The summed E-state index contributed by atoms with van der Waals surface area (Å²) >= 11 is 0. The highest BCUT2D eigenvalue weighted by molar-refractivity contribution is 4.96. The van der Waals surface area contributed by atoms with Gasteiger partial charge in [-0.25, -0.2) is 0 Å². The van der Waals surface area contributed by atoms with Gasteiger partial charge in [0.1, 0.15) is 0 Å². The Morgan fingerprint density at radius 1 is 0.810 bits per heavy atom. The molecule has 0 aromatic rings. The smallest absolute Gasteiger partial charge is 0.0345 e. The van der Waals surface area contributed by atoms with Gasteiger partial charge in [0.05, 0.1) is 0 Å². The summed E-state index contributed by atoms with van der Waals surface area (Å²) in [6.45, 7) is 15.3. The zero-order valence-electron chi connectivity index (χ0n) is 14.3. The lowest BCUT2D eigenvalue weighted by molar-refractivity contribution is 0.0266. The summed E-state index contributed by atoms with van der Waals surface area (Å²) in [6, 6.07) is 0. The Morgan fingerprint density at radius 3 is 2.00 bits per heavy atom. The number of piperazine rings is 1. The van der Waals surface area contributed by atoms with Gasteiger partial charge in [-0.15, -0.1) is 0 Å². The Balaban J connectivity index is 1.92. The molecule has 0 aromatic carbocycles. The van der Waals surface area contributed by atoms with Crippen LogP contribution < -0.4 is 5.73 Å². The fourth-order valence-electron chi connectivity index (χ4n) is 4.19. The first-order chi connectivity index (χ1) is 10.2. The van der Waals surface area contributed by atoms with Crippen LogP contribution in [-0.4, -0.2) is 79.1 Å². The van der Waals surface area contributed by atoms with Crippen LogP contribution in [-0.2, 0) is 0 Å². The Bertz CT molecular complexity index is 289. The lowest BCUT2D eigenvalue weighted by Crippen LogP contribution is -2.60. The fourth-order valence-corrected chi connectivity index (χ4v) is 4.19. The average Bonchev–Trinajstić information content (AvgIpc) is 2.72. The second kappa shape index (κ2) is 8.47. The molecule has 0 amide bonds. The highest BCUT2D eigenvalue weighted by Gasteiger charge is 2.38. The molecule has 1 unspecified atom stereocenters. The third kappa shape index (κ3) is 4.41. The summed E-state index contributed by atoms with van der Waals surface area (Å²) in [4.78, 5) is 7.99. The molecule has 2 aliphatic heterocycles. The van der Waals surface area contributed by atoms with E-state index in [-0.39, 0.29) is 5.54 Å². The molecule has 2 fully saturated rings. The van der Waals surface area contributed by atoms with Crippen molar-refractivity contribution in [1.29, 1.82) is 0 Å². The predicted molar refractivity (Wildman–Crippen MR) is 90.7 cm³/mol. The molecule has 0 spiro atoms. The molecule has 4 nitrogen and oxygen atoms in total. The van der Waals surface area contributed by atoms with E-state index in [0.29, 0.717) is 0 Å². The summed E-state index contributed by atoms with van der Waals surface area (Å²) in [6.07, 6.45) is 6.40. The van der Waals surface area contributed by atoms with Crippen LogP contribution in [0.15, 0.2) is 0 Å². The molecule has 2 aliphatic rings. The number of likely N-dealkylation sites (tertiary alicyclic amines) is 1. The molecule has 2 N–H and O–H groups in total. The van der Waals surface area contributed by atoms with E-state index in [2.05, 4.69) is 28.5 Å². The van der Waals surface area contributed by atoms with E-state index >= 15 is 0 Å². The largest absolute Gasteiger partial charge is 0.329 e. The number of rotatable bonds is 6. The SMILES string of the molecule is CCCN1CCN(C2(CN)CCCN(CCC)CC2)CC1. The zero-order valence-corrected chi connectivity index (χ0v) is 14.3. The van der Waals surface area contributed by atoms with Gasteiger partial charge < -0.3 is 15.5 Å². The minimum Gasteiger partial charge on any atom is -0.329 e. The first-order valence-electron chi connectivity index (χ1n) is 9.14. The van der Waals surface area contributed by atoms with Crippen molar-refractivity contribution in [1.82, 2.24) is 14.7 Å². The minimum atomic E-state index is 0.279. The number of hydrogen-bond acceptors (Lipinski definition) is 4. The van der Waals surface area contributed by atoms with Crippen molar-refractivity contribution in [3.05, 3.63) is 0 Å². The lowest BCUT2D eigenvalue weighted by Gasteiger charge is -2.47. The molecule has 4 heteroatoms. The Labute approximate surface area is 131 Å². The van der Waals surface area contributed by atoms with Gasteiger partial charge in [0.2, 0.25) is 0 Å². The van der Waals surface area contributed by atoms with E-state index in [0.717, 1.165) is 6.54 Å². The van der Waals surface area contributed by atoms with Crippen molar-refractivity contribution in [2.75, 3.05) is 58.9 Å². The molecule has 124 valence electrons. The first kappa shape index (κ1) is 17.2. The fraction of sp³-hybridized carbons (Fsp3) is 1.00. The lowest BCUT2D eigenvalue weighted by atomic mass is 9.87. The van der Waals surface area contributed by atoms with Crippen LogP contribution in [0.1, 0.15) is 46.0 Å². The van der Waals surface area contributed by atoms with E-state index in [1.165, 1.54) is 84.5 Å². The summed E-state index contributed by atoms with van der Waals surface area (Å²) in [5, 5.41) is 0. The van der Waals surface area contributed by atoms with Gasteiger partial charge in [0.25, 0.3) is 0 Å². The Morgan fingerprint density at radius 2 is 1.43 bits per heavy atom. The van der Waals surface area contributed by atoms with Crippen LogP contribution in [0.3, 0.4) is 0 Å². The number of nitrogens with zero attached hydrogens (tertiary/aromatic N) is 3. The van der Waals surface area contributed by atoms with Gasteiger partial charge in [0, 0.05) is 38.3 Å². The van der Waals surface area contributed by atoms with Gasteiger partial charge in [-0.1, -0.05) is 13.8 Å². The van der Waals surface area contributed by atoms with Crippen molar-refractivity contribution < 1.29 is 0 Å². The summed E-state index contributed by atoms with van der Waals surface area (Å²) in [5.41, 5.74) is 6.56. The van der Waals surface area contributed by atoms with Crippen LogP contribution >= 0.6 is 0 Å². The zero-order chi connectivity index (χ0) is 15.1. The molecule has 0 aliphatic carbocycles. The average molecular weight is 297 g/mol. The van der Waals surface area contributed by atoms with E-state index in [1.54, 1.807) is 0 Å². The van der Waals surface area contributed by atoms with Gasteiger partial charge in [-0.3, -0.25) is 4.90 Å². The highest BCUT2D eigenvalue weighted by atomic mass is 15.3. The Kier molecular flexibility index (Phi) is 6.93. The molecular weight excluding hydrogens is 260 g/mol. The molecule has 2 heterocycles. The quantitative estimate of drug-likeness (QED) is 0.808. The Hall–Kier alpha value is -0.160. The molecule has 1 atom stereocenters. The van der Waals surface area contributed by atoms with E-state index in [1.807, 2.05) is 0 Å². The van der Waals surface area contributed by atoms with E-state index in [9.17, 15) is 0 Å². The molecule has 0 saturated carbocycles. The molecule has 0 radical (unpaired) electrons.